The van der Waals surface area contributed by atoms with Crippen molar-refractivity contribution in [2.24, 2.45) is 0 Å². The summed E-state index contributed by atoms with van der Waals surface area (Å²) in [6, 6.07) is 10.1. The molecule has 0 atom stereocenters. The summed E-state index contributed by atoms with van der Waals surface area (Å²) < 4.78 is 1.88. The number of hydrogen-bond acceptors (Lipinski definition) is 1. The van der Waals surface area contributed by atoms with Crippen LogP contribution in [-0.4, -0.2) is 9.78 Å². The molecular weight excluding hydrogens is 196 g/mol. The summed E-state index contributed by atoms with van der Waals surface area (Å²) >= 11 is 0. The van der Waals surface area contributed by atoms with Gasteiger partial charge in [-0.05, 0) is 25.0 Å². The minimum Gasteiger partial charge on any atom is -0.241 e. The molecule has 1 aromatic carbocycles. The molecule has 3 rings (SSSR count). The van der Waals surface area contributed by atoms with Gasteiger partial charge in [0, 0.05) is 11.8 Å². The Hall–Kier alpha value is -2.01. The first kappa shape index (κ1) is 9.23. The van der Waals surface area contributed by atoms with Crippen molar-refractivity contribution < 1.29 is 0 Å². The fourth-order valence-corrected chi connectivity index (χ4v) is 1.93. The van der Waals surface area contributed by atoms with Gasteiger partial charge in [-0.25, -0.2) is 4.68 Å². The molecule has 0 spiro atoms. The number of terminal acetylenes is 1. The summed E-state index contributed by atoms with van der Waals surface area (Å²) in [5.41, 5.74) is 2.22. The Morgan fingerprint density at radius 3 is 2.62 bits per heavy atom. The zero-order chi connectivity index (χ0) is 11.0. The maximum Gasteiger partial charge on any atom is 0.0645 e. The average Bonchev–Trinajstić information content (AvgIpc) is 3.00. The number of aromatic nitrogens is 2. The summed E-state index contributed by atoms with van der Waals surface area (Å²) in [5.74, 6) is 2.88. The van der Waals surface area contributed by atoms with E-state index in [0.29, 0.717) is 0 Å². The lowest BCUT2D eigenvalue weighted by atomic mass is 10.0. The lowest BCUT2D eigenvalue weighted by Crippen LogP contribution is -2.00. The Labute approximate surface area is 94.9 Å². The van der Waals surface area contributed by atoms with Gasteiger partial charge in [-0.15, -0.1) is 6.42 Å². The Bertz CT molecular complexity index is 542. The van der Waals surface area contributed by atoms with Gasteiger partial charge >= 0.3 is 0 Å². The first-order valence-corrected chi connectivity index (χ1v) is 5.42. The van der Waals surface area contributed by atoms with E-state index >= 15 is 0 Å². The zero-order valence-electron chi connectivity index (χ0n) is 8.93. The van der Waals surface area contributed by atoms with Gasteiger partial charge in [0.2, 0.25) is 0 Å². The molecule has 0 saturated heterocycles. The Balaban J connectivity index is 1.98. The van der Waals surface area contributed by atoms with Crippen molar-refractivity contribution in [2.75, 3.05) is 0 Å². The zero-order valence-corrected chi connectivity index (χ0v) is 8.93. The normalized spacial score (nSPS) is 16.7. The highest BCUT2D eigenvalue weighted by molar-refractivity contribution is 5.40. The molecular formula is C14H12N2. The van der Waals surface area contributed by atoms with Crippen LogP contribution < -0.4 is 0 Å². The van der Waals surface area contributed by atoms with E-state index in [1.54, 1.807) is 0 Å². The molecule has 0 N–H and O–H groups in total. The average molecular weight is 208 g/mol. The van der Waals surface area contributed by atoms with Gasteiger partial charge in [-0.3, -0.25) is 0 Å². The number of hydrogen-bond donors (Lipinski definition) is 0. The largest absolute Gasteiger partial charge is 0.241 e. The molecule has 1 saturated carbocycles. The van der Waals surface area contributed by atoms with Crippen LogP contribution in [0, 0.1) is 12.3 Å². The predicted octanol–water partition coefficient (Wildman–Crippen LogP) is 2.54. The van der Waals surface area contributed by atoms with Gasteiger partial charge in [0.25, 0.3) is 0 Å². The van der Waals surface area contributed by atoms with Gasteiger partial charge in [-0.1, -0.05) is 24.1 Å². The predicted molar refractivity (Wildman–Crippen MR) is 63.3 cm³/mol. The SMILES string of the molecule is C#CC1(c2cnn(-c3ccccc3)c2)CC1. The highest BCUT2D eigenvalue weighted by Crippen LogP contribution is 2.47. The third kappa shape index (κ3) is 1.33. The molecule has 78 valence electrons. The summed E-state index contributed by atoms with van der Waals surface area (Å²) in [4.78, 5) is 0. The summed E-state index contributed by atoms with van der Waals surface area (Å²) in [6.07, 6.45) is 11.7. The van der Waals surface area contributed by atoms with E-state index in [0.717, 1.165) is 18.5 Å². The van der Waals surface area contributed by atoms with Gasteiger partial charge in [0.1, 0.15) is 0 Å². The second-order valence-corrected chi connectivity index (χ2v) is 4.24. The van der Waals surface area contributed by atoms with Crippen molar-refractivity contribution >= 4 is 0 Å². The third-order valence-corrected chi connectivity index (χ3v) is 3.18. The highest BCUT2D eigenvalue weighted by atomic mass is 15.3. The van der Waals surface area contributed by atoms with E-state index < -0.39 is 0 Å². The highest BCUT2D eigenvalue weighted by Gasteiger charge is 2.43. The van der Waals surface area contributed by atoms with E-state index in [1.165, 1.54) is 5.56 Å². The first-order valence-electron chi connectivity index (χ1n) is 5.42. The molecule has 0 bridgehead atoms. The maximum atomic E-state index is 5.56. The summed E-state index contributed by atoms with van der Waals surface area (Å²) in [6.45, 7) is 0. The van der Waals surface area contributed by atoms with Gasteiger partial charge < -0.3 is 0 Å². The van der Waals surface area contributed by atoms with E-state index in [1.807, 2.05) is 47.4 Å². The standard InChI is InChI=1S/C14H12N2/c1-2-14(8-9-14)12-10-15-16(11-12)13-6-4-3-5-7-13/h1,3-7,10-11H,8-9H2. The molecule has 0 radical (unpaired) electrons. The lowest BCUT2D eigenvalue weighted by Gasteiger charge is -2.02. The van der Waals surface area contributed by atoms with Crippen LogP contribution in [0.2, 0.25) is 0 Å². The Kier molecular flexibility index (Phi) is 1.87. The van der Waals surface area contributed by atoms with Crippen LogP contribution in [-0.2, 0) is 5.41 Å². The topological polar surface area (TPSA) is 17.8 Å². The van der Waals surface area contributed by atoms with E-state index in [-0.39, 0.29) is 5.41 Å². The van der Waals surface area contributed by atoms with Crippen LogP contribution >= 0.6 is 0 Å². The van der Waals surface area contributed by atoms with Crippen LogP contribution in [0.15, 0.2) is 42.7 Å². The molecule has 16 heavy (non-hydrogen) atoms. The number of rotatable bonds is 2. The minimum absolute atomic E-state index is 0.0208. The molecule has 1 aliphatic carbocycles. The molecule has 1 aromatic heterocycles. The second-order valence-electron chi connectivity index (χ2n) is 4.24. The first-order chi connectivity index (χ1) is 7.84. The molecule has 1 aliphatic rings. The van der Waals surface area contributed by atoms with E-state index in [2.05, 4.69) is 11.0 Å². The molecule has 1 heterocycles. The van der Waals surface area contributed by atoms with Crippen molar-refractivity contribution in [1.29, 1.82) is 0 Å². The molecule has 0 unspecified atom stereocenters. The molecule has 2 nitrogen and oxygen atoms in total. The fraction of sp³-hybridized carbons (Fsp3) is 0.214. The van der Waals surface area contributed by atoms with E-state index in [4.69, 9.17) is 6.42 Å². The van der Waals surface area contributed by atoms with Crippen molar-refractivity contribution in [3.8, 4) is 18.0 Å². The number of benzene rings is 1. The van der Waals surface area contributed by atoms with Crippen LogP contribution in [0.4, 0.5) is 0 Å². The van der Waals surface area contributed by atoms with Crippen molar-refractivity contribution in [1.82, 2.24) is 9.78 Å². The monoisotopic (exact) mass is 208 g/mol. The number of nitrogens with zero attached hydrogens (tertiary/aromatic N) is 2. The van der Waals surface area contributed by atoms with Crippen LogP contribution in [0.5, 0.6) is 0 Å². The summed E-state index contributed by atoms with van der Waals surface area (Å²) in [7, 11) is 0. The molecule has 2 aromatic rings. The fourth-order valence-electron chi connectivity index (χ4n) is 1.93. The van der Waals surface area contributed by atoms with Crippen LogP contribution in [0.3, 0.4) is 0 Å². The van der Waals surface area contributed by atoms with Crippen molar-refractivity contribution in [2.45, 2.75) is 18.3 Å². The smallest absolute Gasteiger partial charge is 0.0645 e. The molecule has 1 fully saturated rings. The van der Waals surface area contributed by atoms with Gasteiger partial charge in [0.05, 0.1) is 17.3 Å². The molecule has 0 aliphatic heterocycles. The number of para-hydroxylation sites is 1. The van der Waals surface area contributed by atoms with Crippen molar-refractivity contribution in [3.05, 3.63) is 48.3 Å². The Morgan fingerprint density at radius 2 is 2.00 bits per heavy atom. The summed E-state index contributed by atoms with van der Waals surface area (Å²) in [5, 5.41) is 4.36. The van der Waals surface area contributed by atoms with Gasteiger partial charge in [-0.2, -0.15) is 5.10 Å². The Morgan fingerprint density at radius 1 is 1.25 bits per heavy atom. The van der Waals surface area contributed by atoms with Crippen molar-refractivity contribution in [3.63, 3.8) is 0 Å². The second kappa shape index (κ2) is 3.24. The van der Waals surface area contributed by atoms with Crippen LogP contribution in [0.25, 0.3) is 5.69 Å². The lowest BCUT2D eigenvalue weighted by molar-refractivity contribution is 0.876. The van der Waals surface area contributed by atoms with Crippen LogP contribution in [0.1, 0.15) is 18.4 Å². The molecule has 2 heteroatoms. The maximum absolute atomic E-state index is 5.56. The minimum atomic E-state index is -0.0208. The van der Waals surface area contributed by atoms with E-state index in [9.17, 15) is 0 Å². The quantitative estimate of drug-likeness (QED) is 0.693. The molecule has 0 amide bonds. The third-order valence-electron chi connectivity index (χ3n) is 3.18. The van der Waals surface area contributed by atoms with Gasteiger partial charge in [0.15, 0.2) is 0 Å².